The van der Waals surface area contributed by atoms with Gasteiger partial charge in [0.2, 0.25) is 0 Å². The van der Waals surface area contributed by atoms with Gasteiger partial charge in [-0.05, 0) is 68.4 Å². The number of hydrogen-bond donors (Lipinski definition) is 1. The van der Waals surface area contributed by atoms with E-state index in [1.54, 1.807) is 0 Å². The number of rotatable bonds is 6. The van der Waals surface area contributed by atoms with Gasteiger partial charge in [0.05, 0.1) is 31.0 Å². The molecule has 0 aromatic carbocycles. The molecule has 0 amide bonds. The highest BCUT2D eigenvalue weighted by Gasteiger charge is 2.41. The zero-order valence-corrected chi connectivity index (χ0v) is 20.9. The molecule has 2 fully saturated rings. The maximum absolute atomic E-state index is 5.88. The van der Waals surface area contributed by atoms with E-state index in [0.29, 0.717) is 0 Å². The second-order valence-electron chi connectivity index (χ2n) is 9.08. The Morgan fingerprint density at radius 1 is 1.03 bits per heavy atom. The molecular weight excluding hydrogens is 444 g/mol. The summed E-state index contributed by atoms with van der Waals surface area (Å²) in [5.74, 6) is 0.978. The molecule has 8 heteroatoms. The molecule has 34 heavy (non-hydrogen) atoms. The fourth-order valence-corrected chi connectivity index (χ4v) is 5.51. The number of aromatic nitrogens is 3. The van der Waals surface area contributed by atoms with Crippen molar-refractivity contribution in [2.45, 2.75) is 32.9 Å². The molecule has 2 saturated heterocycles. The normalized spacial score (nSPS) is 21.1. The highest BCUT2D eigenvalue weighted by Crippen LogP contribution is 2.41. The first-order valence-corrected chi connectivity index (χ1v) is 12.3. The molecule has 0 saturated carbocycles. The Balaban J connectivity index is 1.53. The summed E-state index contributed by atoms with van der Waals surface area (Å²) >= 11 is 5.88. The van der Waals surface area contributed by atoms with Crippen molar-refractivity contribution in [2.24, 2.45) is 0 Å². The minimum Gasteiger partial charge on any atom is -0.379 e. The van der Waals surface area contributed by atoms with Crippen molar-refractivity contribution < 1.29 is 4.74 Å². The van der Waals surface area contributed by atoms with Gasteiger partial charge in [-0.25, -0.2) is 4.98 Å². The van der Waals surface area contributed by atoms with Crippen molar-refractivity contribution in [3.05, 3.63) is 77.0 Å². The zero-order valence-electron chi connectivity index (χ0n) is 20.1. The highest BCUT2D eigenvalue weighted by molar-refractivity contribution is 7.80. The number of morpholine rings is 1. The number of aryl methyl sites for hydroxylation is 2. The summed E-state index contributed by atoms with van der Waals surface area (Å²) in [5.41, 5.74) is 5.77. The molecule has 7 nitrogen and oxygen atoms in total. The van der Waals surface area contributed by atoms with Crippen molar-refractivity contribution in [1.82, 2.24) is 29.7 Å². The fraction of sp³-hybridized carbons (Fsp3) is 0.423. The molecule has 0 bridgehead atoms. The van der Waals surface area contributed by atoms with E-state index >= 15 is 0 Å². The van der Waals surface area contributed by atoms with Crippen molar-refractivity contribution in [3.8, 4) is 5.82 Å². The van der Waals surface area contributed by atoms with Gasteiger partial charge in [-0.15, -0.1) is 0 Å². The second-order valence-corrected chi connectivity index (χ2v) is 9.47. The van der Waals surface area contributed by atoms with Gasteiger partial charge in [-0.3, -0.25) is 9.88 Å². The Bertz CT molecular complexity index is 1160. The van der Waals surface area contributed by atoms with E-state index in [9.17, 15) is 0 Å². The second kappa shape index (κ2) is 9.82. The van der Waals surface area contributed by atoms with Crippen LogP contribution in [0.3, 0.4) is 0 Å². The lowest BCUT2D eigenvalue weighted by atomic mass is 9.96. The van der Waals surface area contributed by atoms with Gasteiger partial charge in [0.25, 0.3) is 0 Å². The first-order chi connectivity index (χ1) is 16.5. The molecular formula is C26H32N6OS. The molecule has 3 aromatic heterocycles. The number of nitrogens with one attached hydrogen (secondary N) is 1. The smallest absolute Gasteiger partial charge is 0.170 e. The van der Waals surface area contributed by atoms with Crippen molar-refractivity contribution >= 4 is 17.3 Å². The Morgan fingerprint density at radius 2 is 1.82 bits per heavy atom. The summed E-state index contributed by atoms with van der Waals surface area (Å²) in [7, 11) is 0. The SMILES string of the molecule is Cc1cccnc1-n1c(C)cc(C2C(c3ccccn3)NC(=S)N2CCN2CCOCC2)c1C. The lowest BCUT2D eigenvalue weighted by Crippen LogP contribution is -2.42. The van der Waals surface area contributed by atoms with Gasteiger partial charge in [0.15, 0.2) is 5.11 Å². The molecule has 0 aliphatic carbocycles. The van der Waals surface area contributed by atoms with E-state index in [4.69, 9.17) is 26.9 Å². The number of ether oxygens (including phenoxy) is 1. The number of pyridine rings is 2. The zero-order chi connectivity index (χ0) is 23.7. The van der Waals surface area contributed by atoms with E-state index in [1.807, 2.05) is 30.6 Å². The van der Waals surface area contributed by atoms with Crippen LogP contribution in [0.25, 0.3) is 5.82 Å². The standard InChI is InChI=1S/C26H32N6OS/c1-18-7-6-10-28-25(18)32-19(2)17-21(20(32)3)24-23(22-8-4-5-9-27-22)29-26(34)31(24)12-11-30-13-15-33-16-14-30/h4-10,17,23-24H,11-16H2,1-3H3,(H,29,34). The molecule has 0 radical (unpaired) electrons. The van der Waals surface area contributed by atoms with E-state index in [0.717, 1.165) is 61.6 Å². The lowest BCUT2D eigenvalue weighted by Gasteiger charge is -2.32. The lowest BCUT2D eigenvalue weighted by molar-refractivity contribution is 0.0350. The van der Waals surface area contributed by atoms with Crippen molar-refractivity contribution in [2.75, 3.05) is 39.4 Å². The Morgan fingerprint density at radius 3 is 2.56 bits per heavy atom. The molecule has 3 aromatic rings. The summed E-state index contributed by atoms with van der Waals surface area (Å²) in [6.45, 7) is 11.8. The molecule has 2 unspecified atom stereocenters. The highest BCUT2D eigenvalue weighted by atomic mass is 32.1. The van der Waals surface area contributed by atoms with Crippen LogP contribution in [0.1, 0.15) is 40.3 Å². The molecule has 2 aliphatic heterocycles. The molecule has 178 valence electrons. The molecule has 5 rings (SSSR count). The molecule has 2 aliphatic rings. The van der Waals surface area contributed by atoms with Crippen molar-refractivity contribution in [1.29, 1.82) is 0 Å². The average molecular weight is 477 g/mol. The molecule has 5 heterocycles. The van der Waals surface area contributed by atoms with E-state index in [1.165, 1.54) is 17.0 Å². The third-order valence-corrected chi connectivity index (χ3v) is 7.29. The van der Waals surface area contributed by atoms with Crippen LogP contribution in [0.4, 0.5) is 0 Å². The third-order valence-electron chi connectivity index (χ3n) is 6.94. The van der Waals surface area contributed by atoms with E-state index < -0.39 is 0 Å². The Labute approximate surface area is 206 Å². The van der Waals surface area contributed by atoms with Crippen LogP contribution in [0.5, 0.6) is 0 Å². The Kier molecular flexibility index (Phi) is 6.63. The quantitative estimate of drug-likeness (QED) is 0.547. The average Bonchev–Trinajstić information content (AvgIpc) is 3.34. The summed E-state index contributed by atoms with van der Waals surface area (Å²) in [4.78, 5) is 14.2. The van der Waals surface area contributed by atoms with Crippen LogP contribution >= 0.6 is 12.2 Å². The van der Waals surface area contributed by atoms with Gasteiger partial charge < -0.3 is 19.5 Å². The van der Waals surface area contributed by atoms with Crippen LogP contribution in [0.2, 0.25) is 0 Å². The predicted octanol–water partition coefficient (Wildman–Crippen LogP) is 3.50. The summed E-state index contributed by atoms with van der Waals surface area (Å²) < 4.78 is 7.80. The molecule has 1 N–H and O–H groups in total. The van der Waals surface area contributed by atoms with E-state index in [2.05, 4.69) is 58.7 Å². The fourth-order valence-electron chi connectivity index (χ4n) is 5.18. The van der Waals surface area contributed by atoms with Crippen LogP contribution in [0.15, 0.2) is 48.8 Å². The van der Waals surface area contributed by atoms with Gasteiger partial charge >= 0.3 is 0 Å². The van der Waals surface area contributed by atoms with Crippen LogP contribution in [0, 0.1) is 20.8 Å². The van der Waals surface area contributed by atoms with Crippen LogP contribution < -0.4 is 5.32 Å². The number of hydrogen-bond acceptors (Lipinski definition) is 5. The van der Waals surface area contributed by atoms with Gasteiger partial charge in [0, 0.05) is 50.0 Å². The summed E-state index contributed by atoms with van der Waals surface area (Å²) in [5, 5.41) is 4.38. The van der Waals surface area contributed by atoms with Crippen LogP contribution in [-0.4, -0.2) is 68.8 Å². The maximum atomic E-state index is 5.88. The first-order valence-electron chi connectivity index (χ1n) is 11.9. The first kappa shape index (κ1) is 23.0. The Hall–Kier alpha value is -2.81. The van der Waals surface area contributed by atoms with Crippen molar-refractivity contribution in [3.63, 3.8) is 0 Å². The number of thiocarbonyl (C=S) groups is 1. The largest absolute Gasteiger partial charge is 0.379 e. The maximum Gasteiger partial charge on any atom is 0.170 e. The van der Waals surface area contributed by atoms with Gasteiger partial charge in [-0.1, -0.05) is 12.1 Å². The topological polar surface area (TPSA) is 58.5 Å². The number of nitrogens with zero attached hydrogens (tertiary/aromatic N) is 5. The third kappa shape index (κ3) is 4.33. The monoisotopic (exact) mass is 476 g/mol. The van der Waals surface area contributed by atoms with E-state index in [-0.39, 0.29) is 12.1 Å². The molecule has 0 spiro atoms. The minimum absolute atomic E-state index is 0.0165. The summed E-state index contributed by atoms with van der Waals surface area (Å²) in [6.07, 6.45) is 3.71. The molecule has 2 atom stereocenters. The summed E-state index contributed by atoms with van der Waals surface area (Å²) in [6, 6.07) is 12.5. The van der Waals surface area contributed by atoms with Crippen LogP contribution in [-0.2, 0) is 4.74 Å². The van der Waals surface area contributed by atoms with Gasteiger partial charge in [0.1, 0.15) is 5.82 Å². The minimum atomic E-state index is -0.0165. The predicted molar refractivity (Wildman–Crippen MR) is 137 cm³/mol. The van der Waals surface area contributed by atoms with Gasteiger partial charge in [-0.2, -0.15) is 0 Å².